The van der Waals surface area contributed by atoms with Gasteiger partial charge in [0.15, 0.2) is 0 Å². The lowest BCUT2D eigenvalue weighted by Gasteiger charge is -2.20. The smallest absolute Gasteiger partial charge is 0.251 e. The highest BCUT2D eigenvalue weighted by molar-refractivity contribution is 5.95. The fourth-order valence-electron chi connectivity index (χ4n) is 2.76. The number of anilines is 1. The molecule has 4 heteroatoms. The Kier molecular flexibility index (Phi) is 5.23. The van der Waals surface area contributed by atoms with Crippen LogP contribution in [0.4, 0.5) is 5.69 Å². The Hall–Kier alpha value is -1.55. The average molecular weight is 289 g/mol. The number of rotatable bonds is 5. The first-order valence-electron chi connectivity index (χ1n) is 7.77. The van der Waals surface area contributed by atoms with Crippen LogP contribution in [-0.4, -0.2) is 50.6 Å². The number of hydrogen-bond acceptors (Lipinski definition) is 3. The molecule has 0 aromatic heterocycles. The molecule has 1 aromatic carbocycles. The van der Waals surface area contributed by atoms with Crippen molar-refractivity contribution < 1.29 is 4.79 Å². The van der Waals surface area contributed by atoms with Crippen LogP contribution in [0.2, 0.25) is 0 Å². The lowest BCUT2D eigenvalue weighted by atomic mass is 10.1. The number of carbonyl (C=O) groups is 1. The molecule has 0 aliphatic carbocycles. The Morgan fingerprint density at radius 3 is 2.81 bits per heavy atom. The van der Waals surface area contributed by atoms with Crippen molar-refractivity contribution >= 4 is 11.6 Å². The highest BCUT2D eigenvalue weighted by Crippen LogP contribution is 2.18. The summed E-state index contributed by atoms with van der Waals surface area (Å²) >= 11 is 0. The van der Waals surface area contributed by atoms with Crippen LogP contribution in [0.15, 0.2) is 24.3 Å². The summed E-state index contributed by atoms with van der Waals surface area (Å²) in [6.07, 6.45) is 1.18. The zero-order chi connectivity index (χ0) is 15.4. The topological polar surface area (TPSA) is 35.6 Å². The summed E-state index contributed by atoms with van der Waals surface area (Å²) < 4.78 is 0. The summed E-state index contributed by atoms with van der Waals surface area (Å²) in [4.78, 5) is 16.7. The molecule has 21 heavy (non-hydrogen) atoms. The highest BCUT2D eigenvalue weighted by atomic mass is 16.1. The van der Waals surface area contributed by atoms with Gasteiger partial charge in [-0.1, -0.05) is 6.07 Å². The van der Waals surface area contributed by atoms with Crippen molar-refractivity contribution in [3.05, 3.63) is 29.8 Å². The Morgan fingerprint density at radius 2 is 2.19 bits per heavy atom. The molecule has 0 spiro atoms. The fraction of sp³-hybridized carbons (Fsp3) is 0.588. The number of nitrogens with zero attached hydrogens (tertiary/aromatic N) is 2. The molecule has 1 aromatic rings. The first-order valence-corrected chi connectivity index (χ1v) is 7.77. The number of hydrogen-bond donors (Lipinski definition) is 1. The molecule has 1 N–H and O–H groups in total. The van der Waals surface area contributed by atoms with Gasteiger partial charge in [0, 0.05) is 44.5 Å². The minimum absolute atomic E-state index is 0.0293. The first kappa shape index (κ1) is 15.8. The third-order valence-corrected chi connectivity index (χ3v) is 4.22. The normalized spacial score (nSPS) is 19.0. The molecule has 1 amide bonds. The maximum absolute atomic E-state index is 12.2. The molecule has 1 aliphatic rings. The molecule has 1 unspecified atom stereocenters. The zero-order valence-electron chi connectivity index (χ0n) is 13.6. The maximum Gasteiger partial charge on any atom is 0.251 e. The van der Waals surface area contributed by atoms with E-state index in [1.54, 1.807) is 0 Å². The van der Waals surface area contributed by atoms with Crippen LogP contribution in [0.5, 0.6) is 0 Å². The number of nitrogens with one attached hydrogen (secondary N) is 1. The summed E-state index contributed by atoms with van der Waals surface area (Å²) in [6, 6.07) is 8.35. The van der Waals surface area contributed by atoms with Gasteiger partial charge >= 0.3 is 0 Å². The molecular weight excluding hydrogens is 262 g/mol. The van der Waals surface area contributed by atoms with E-state index in [4.69, 9.17) is 0 Å². The second kappa shape index (κ2) is 6.94. The van der Waals surface area contributed by atoms with E-state index >= 15 is 0 Å². The van der Waals surface area contributed by atoms with Gasteiger partial charge in [-0.3, -0.25) is 4.79 Å². The predicted octanol–water partition coefficient (Wildman–Crippen LogP) is 2.21. The van der Waals surface area contributed by atoms with Gasteiger partial charge in [0.1, 0.15) is 0 Å². The van der Waals surface area contributed by atoms with Crippen LogP contribution in [0.3, 0.4) is 0 Å². The van der Waals surface area contributed by atoms with Gasteiger partial charge in [-0.05, 0) is 50.9 Å². The van der Waals surface area contributed by atoms with Gasteiger partial charge in [0.05, 0.1) is 0 Å². The van der Waals surface area contributed by atoms with Crippen molar-refractivity contribution in [2.75, 3.05) is 38.6 Å². The fourth-order valence-corrected chi connectivity index (χ4v) is 2.76. The van der Waals surface area contributed by atoms with Crippen LogP contribution in [0, 0.1) is 5.92 Å². The van der Waals surface area contributed by atoms with Crippen molar-refractivity contribution in [2.24, 2.45) is 5.92 Å². The van der Waals surface area contributed by atoms with E-state index in [1.807, 2.05) is 43.3 Å². The van der Waals surface area contributed by atoms with Crippen molar-refractivity contribution in [3.8, 4) is 0 Å². The quantitative estimate of drug-likeness (QED) is 0.903. The summed E-state index contributed by atoms with van der Waals surface area (Å²) in [6.45, 7) is 7.47. The lowest BCUT2D eigenvalue weighted by molar-refractivity contribution is 0.0947. The van der Waals surface area contributed by atoms with Crippen LogP contribution in [0.25, 0.3) is 0 Å². The standard InChI is InChI=1S/C17H27N3O/c1-13(2)20-9-8-14(12-20)11-18-17(21)15-6-5-7-16(10-15)19(3)4/h5-7,10,13-14H,8-9,11-12H2,1-4H3,(H,18,21). The molecule has 0 bridgehead atoms. The maximum atomic E-state index is 12.2. The predicted molar refractivity (Wildman–Crippen MR) is 87.9 cm³/mol. The molecule has 1 heterocycles. The highest BCUT2D eigenvalue weighted by Gasteiger charge is 2.24. The van der Waals surface area contributed by atoms with Gasteiger partial charge in [0.2, 0.25) is 0 Å². The largest absolute Gasteiger partial charge is 0.378 e. The number of amides is 1. The third-order valence-electron chi connectivity index (χ3n) is 4.22. The van der Waals surface area contributed by atoms with E-state index < -0.39 is 0 Å². The molecule has 1 aliphatic heterocycles. The zero-order valence-corrected chi connectivity index (χ0v) is 13.6. The second-order valence-electron chi connectivity index (χ2n) is 6.40. The molecule has 1 atom stereocenters. The molecule has 4 nitrogen and oxygen atoms in total. The van der Waals surface area contributed by atoms with Crippen LogP contribution in [0.1, 0.15) is 30.6 Å². The van der Waals surface area contributed by atoms with E-state index in [2.05, 4.69) is 24.1 Å². The third kappa shape index (κ3) is 4.21. The summed E-state index contributed by atoms with van der Waals surface area (Å²) in [7, 11) is 3.96. The lowest BCUT2D eigenvalue weighted by Crippen LogP contribution is -2.33. The van der Waals surface area contributed by atoms with Crippen molar-refractivity contribution in [2.45, 2.75) is 26.3 Å². The van der Waals surface area contributed by atoms with Crippen molar-refractivity contribution in [1.29, 1.82) is 0 Å². The van der Waals surface area contributed by atoms with Crippen LogP contribution >= 0.6 is 0 Å². The number of benzene rings is 1. The molecule has 116 valence electrons. The SMILES string of the molecule is CC(C)N1CCC(CNC(=O)c2cccc(N(C)C)c2)C1. The molecule has 0 saturated carbocycles. The van der Waals surface area contributed by atoms with Gasteiger partial charge in [-0.2, -0.15) is 0 Å². The van der Waals surface area contributed by atoms with E-state index in [0.717, 1.165) is 30.9 Å². The first-order chi connectivity index (χ1) is 9.97. The monoisotopic (exact) mass is 289 g/mol. The number of likely N-dealkylation sites (tertiary alicyclic amines) is 1. The molecule has 1 saturated heterocycles. The Balaban J connectivity index is 1.86. The Labute approximate surface area is 128 Å². The van der Waals surface area contributed by atoms with Crippen molar-refractivity contribution in [3.63, 3.8) is 0 Å². The van der Waals surface area contributed by atoms with E-state index in [1.165, 1.54) is 6.42 Å². The van der Waals surface area contributed by atoms with Crippen molar-refractivity contribution in [1.82, 2.24) is 10.2 Å². The molecule has 2 rings (SSSR count). The second-order valence-corrected chi connectivity index (χ2v) is 6.40. The summed E-state index contributed by atoms with van der Waals surface area (Å²) in [5.74, 6) is 0.607. The van der Waals surface area contributed by atoms with Gasteiger partial charge in [-0.15, -0.1) is 0 Å². The summed E-state index contributed by atoms with van der Waals surface area (Å²) in [5, 5.41) is 3.08. The molecule has 0 radical (unpaired) electrons. The van der Waals surface area contributed by atoms with E-state index in [-0.39, 0.29) is 5.91 Å². The van der Waals surface area contributed by atoms with E-state index in [0.29, 0.717) is 12.0 Å². The molecular formula is C17H27N3O. The summed E-state index contributed by atoms with van der Waals surface area (Å²) in [5.41, 5.74) is 1.79. The van der Waals surface area contributed by atoms with Gasteiger partial charge in [0.25, 0.3) is 5.91 Å². The minimum atomic E-state index is 0.0293. The Bertz CT molecular complexity index is 485. The average Bonchev–Trinajstić information content (AvgIpc) is 2.94. The van der Waals surface area contributed by atoms with Crippen LogP contribution in [-0.2, 0) is 0 Å². The van der Waals surface area contributed by atoms with Gasteiger partial charge in [-0.25, -0.2) is 0 Å². The van der Waals surface area contributed by atoms with Gasteiger partial charge < -0.3 is 15.1 Å². The van der Waals surface area contributed by atoms with E-state index in [9.17, 15) is 4.79 Å². The van der Waals surface area contributed by atoms with Crippen LogP contribution < -0.4 is 10.2 Å². The molecule has 1 fully saturated rings. The minimum Gasteiger partial charge on any atom is -0.378 e. The number of carbonyl (C=O) groups excluding carboxylic acids is 1. The Morgan fingerprint density at radius 1 is 1.43 bits per heavy atom.